The lowest BCUT2D eigenvalue weighted by Gasteiger charge is -2.10. The fourth-order valence-corrected chi connectivity index (χ4v) is 4.71. The molecular formula is C16H21N3OS. The molecule has 4 nitrogen and oxygen atoms in total. The van der Waals surface area contributed by atoms with Crippen molar-refractivity contribution >= 4 is 27.4 Å². The molecule has 0 radical (unpaired) electrons. The van der Waals surface area contributed by atoms with E-state index in [4.69, 9.17) is 14.7 Å². The Morgan fingerprint density at radius 3 is 3.10 bits per heavy atom. The van der Waals surface area contributed by atoms with Gasteiger partial charge in [0.15, 0.2) is 0 Å². The zero-order valence-corrected chi connectivity index (χ0v) is 13.3. The maximum atomic E-state index is 5.48. The first kappa shape index (κ1) is 13.5. The minimum absolute atomic E-state index is 0.587. The molecule has 0 saturated carbocycles. The highest BCUT2D eigenvalue weighted by Gasteiger charge is 2.23. The molecule has 1 aliphatic heterocycles. The van der Waals surface area contributed by atoms with Crippen LogP contribution in [-0.4, -0.2) is 29.7 Å². The number of nitrogens with one attached hydrogen (secondary N) is 1. The molecule has 21 heavy (non-hydrogen) atoms. The predicted molar refractivity (Wildman–Crippen MR) is 86.2 cm³/mol. The average Bonchev–Trinajstić information content (AvgIpc) is 3.14. The lowest BCUT2D eigenvalue weighted by molar-refractivity contribution is 0.185. The van der Waals surface area contributed by atoms with Gasteiger partial charge in [0.25, 0.3) is 0 Å². The molecule has 2 aromatic heterocycles. The summed E-state index contributed by atoms with van der Waals surface area (Å²) in [4.78, 5) is 12.4. The molecule has 0 aromatic carbocycles. The largest absolute Gasteiger partial charge is 0.381 e. The van der Waals surface area contributed by atoms with Crippen molar-refractivity contribution in [3.63, 3.8) is 0 Å². The molecule has 0 amide bonds. The Morgan fingerprint density at radius 2 is 2.29 bits per heavy atom. The summed E-state index contributed by atoms with van der Waals surface area (Å²) in [7, 11) is 0. The number of anilines is 1. The van der Waals surface area contributed by atoms with E-state index in [1.807, 2.05) is 11.3 Å². The Kier molecular flexibility index (Phi) is 3.55. The number of aromatic nitrogens is 2. The number of thiophene rings is 1. The molecule has 0 bridgehead atoms. The van der Waals surface area contributed by atoms with Gasteiger partial charge in [0.05, 0.1) is 5.39 Å². The fourth-order valence-electron chi connectivity index (χ4n) is 3.43. The van der Waals surface area contributed by atoms with Crippen LogP contribution in [-0.2, 0) is 24.0 Å². The second kappa shape index (κ2) is 5.54. The molecule has 2 aromatic rings. The molecule has 1 saturated heterocycles. The number of ether oxygens (including phenoxy) is 1. The summed E-state index contributed by atoms with van der Waals surface area (Å²) >= 11 is 1.88. The number of rotatable bonds is 4. The molecule has 0 spiro atoms. The van der Waals surface area contributed by atoms with E-state index < -0.39 is 0 Å². The summed E-state index contributed by atoms with van der Waals surface area (Å²) in [6.45, 7) is 4.78. The van der Waals surface area contributed by atoms with Crippen LogP contribution in [0.5, 0.6) is 0 Å². The van der Waals surface area contributed by atoms with Gasteiger partial charge in [-0.25, -0.2) is 9.97 Å². The lowest BCUT2D eigenvalue weighted by atomic mass is 10.0. The van der Waals surface area contributed by atoms with E-state index in [1.165, 1.54) is 39.9 Å². The van der Waals surface area contributed by atoms with Crippen LogP contribution in [0.4, 0.5) is 5.82 Å². The van der Waals surface area contributed by atoms with E-state index >= 15 is 0 Å². The third-order valence-electron chi connectivity index (χ3n) is 4.45. The van der Waals surface area contributed by atoms with Crippen molar-refractivity contribution in [1.82, 2.24) is 9.97 Å². The van der Waals surface area contributed by atoms with Gasteiger partial charge in [-0.1, -0.05) is 0 Å². The highest BCUT2D eigenvalue weighted by Crippen LogP contribution is 2.39. The molecule has 4 rings (SSSR count). The average molecular weight is 303 g/mol. The summed E-state index contributed by atoms with van der Waals surface area (Å²) in [5.74, 6) is 2.62. The van der Waals surface area contributed by atoms with Crippen LogP contribution >= 0.6 is 11.3 Å². The van der Waals surface area contributed by atoms with Gasteiger partial charge in [-0.2, -0.15) is 0 Å². The summed E-state index contributed by atoms with van der Waals surface area (Å²) in [6.07, 6.45) is 5.76. The van der Waals surface area contributed by atoms with Gasteiger partial charge in [0, 0.05) is 31.1 Å². The van der Waals surface area contributed by atoms with Crippen molar-refractivity contribution in [2.24, 2.45) is 5.92 Å². The van der Waals surface area contributed by atoms with Crippen LogP contribution < -0.4 is 5.32 Å². The van der Waals surface area contributed by atoms with Crippen LogP contribution in [0.3, 0.4) is 0 Å². The van der Waals surface area contributed by atoms with E-state index in [9.17, 15) is 0 Å². The maximum absolute atomic E-state index is 5.48. The van der Waals surface area contributed by atoms with Gasteiger partial charge in [0.1, 0.15) is 16.5 Å². The first-order valence-electron chi connectivity index (χ1n) is 7.98. The fraction of sp³-hybridized carbons (Fsp3) is 0.625. The number of aryl methyl sites for hydroxylation is 2. The van der Waals surface area contributed by atoms with Crippen LogP contribution in [0, 0.1) is 5.92 Å². The van der Waals surface area contributed by atoms with Crippen LogP contribution in [0.25, 0.3) is 10.2 Å². The first-order valence-corrected chi connectivity index (χ1v) is 8.79. The van der Waals surface area contributed by atoms with E-state index in [0.717, 1.165) is 44.2 Å². The van der Waals surface area contributed by atoms with Gasteiger partial charge in [0.2, 0.25) is 0 Å². The minimum atomic E-state index is 0.587. The third kappa shape index (κ3) is 2.42. The number of hydrogen-bond acceptors (Lipinski definition) is 5. The zero-order valence-electron chi connectivity index (χ0n) is 12.4. The van der Waals surface area contributed by atoms with Gasteiger partial charge in [-0.05, 0) is 44.1 Å². The lowest BCUT2D eigenvalue weighted by Crippen LogP contribution is -2.10. The molecule has 5 heteroatoms. The van der Waals surface area contributed by atoms with Crippen molar-refractivity contribution < 1.29 is 4.74 Å². The molecule has 1 N–H and O–H groups in total. The second-order valence-electron chi connectivity index (χ2n) is 5.99. The van der Waals surface area contributed by atoms with Crippen LogP contribution in [0.1, 0.15) is 36.0 Å². The van der Waals surface area contributed by atoms with Crippen molar-refractivity contribution in [1.29, 1.82) is 0 Å². The van der Waals surface area contributed by atoms with Crippen molar-refractivity contribution in [3.8, 4) is 0 Å². The second-order valence-corrected chi connectivity index (χ2v) is 7.07. The first-order chi connectivity index (χ1) is 10.3. The molecule has 1 atom stereocenters. The van der Waals surface area contributed by atoms with E-state index in [0.29, 0.717) is 5.92 Å². The van der Waals surface area contributed by atoms with Crippen molar-refractivity contribution in [3.05, 3.63) is 16.3 Å². The summed E-state index contributed by atoms with van der Waals surface area (Å²) in [6, 6.07) is 0. The Hall–Kier alpha value is -1.20. The number of nitrogens with zero attached hydrogens (tertiary/aromatic N) is 2. The normalized spacial score (nSPS) is 21.1. The molecule has 1 fully saturated rings. The van der Waals surface area contributed by atoms with E-state index in [-0.39, 0.29) is 0 Å². The minimum Gasteiger partial charge on any atom is -0.381 e. The van der Waals surface area contributed by atoms with Gasteiger partial charge in [-0.3, -0.25) is 0 Å². The maximum Gasteiger partial charge on any atom is 0.138 e. The van der Waals surface area contributed by atoms with Crippen LogP contribution in [0.15, 0.2) is 0 Å². The quantitative estimate of drug-likeness (QED) is 0.942. The molecule has 2 aliphatic rings. The zero-order chi connectivity index (χ0) is 14.2. The number of hydrogen-bond donors (Lipinski definition) is 1. The standard InChI is InChI=1S/C16H21N3OS/c1-2-17-15-14-11-4-3-5-12(11)21-16(14)19-13(18-15)8-10-6-7-20-9-10/h10H,2-9H2,1H3,(H,17,18,19). The monoisotopic (exact) mass is 303 g/mol. The number of fused-ring (bicyclic) bond motifs is 3. The summed E-state index contributed by atoms with van der Waals surface area (Å²) in [5.41, 5.74) is 1.50. The summed E-state index contributed by atoms with van der Waals surface area (Å²) in [5, 5.41) is 4.75. The van der Waals surface area contributed by atoms with Gasteiger partial charge in [-0.15, -0.1) is 11.3 Å². The topological polar surface area (TPSA) is 47.0 Å². The highest BCUT2D eigenvalue weighted by molar-refractivity contribution is 7.19. The highest BCUT2D eigenvalue weighted by atomic mass is 32.1. The Bertz CT molecular complexity index is 661. The molecule has 112 valence electrons. The Labute approximate surface area is 128 Å². The van der Waals surface area contributed by atoms with Crippen LogP contribution in [0.2, 0.25) is 0 Å². The van der Waals surface area contributed by atoms with Gasteiger partial charge >= 0.3 is 0 Å². The molecule has 3 heterocycles. The van der Waals surface area contributed by atoms with Crippen molar-refractivity contribution in [2.75, 3.05) is 25.1 Å². The van der Waals surface area contributed by atoms with E-state index in [2.05, 4.69) is 12.2 Å². The Morgan fingerprint density at radius 1 is 1.33 bits per heavy atom. The SMILES string of the molecule is CCNc1nc(CC2CCOC2)nc2sc3c(c12)CCC3. The van der Waals surface area contributed by atoms with Crippen molar-refractivity contribution in [2.45, 2.75) is 39.0 Å². The summed E-state index contributed by atoms with van der Waals surface area (Å²) < 4.78 is 5.48. The Balaban J connectivity index is 1.75. The molecule has 1 unspecified atom stereocenters. The molecular weight excluding hydrogens is 282 g/mol. The van der Waals surface area contributed by atoms with E-state index in [1.54, 1.807) is 0 Å². The predicted octanol–water partition coefficient (Wildman–Crippen LogP) is 3.19. The molecule has 1 aliphatic carbocycles. The smallest absolute Gasteiger partial charge is 0.138 e. The van der Waals surface area contributed by atoms with Gasteiger partial charge < -0.3 is 10.1 Å². The third-order valence-corrected chi connectivity index (χ3v) is 5.64.